The average molecular weight is 411 g/mol. The monoisotopic (exact) mass is 411 g/mol. The SMILES string of the molecule is O=C(CSc1nnnn1-c1cccc(F)c1)N(C1CC1)[C@H]1CCS(=O)(=O)C1. The Labute approximate surface area is 160 Å². The van der Waals surface area contributed by atoms with Crippen LogP contribution in [0.25, 0.3) is 5.69 Å². The molecule has 2 aliphatic rings. The fourth-order valence-electron chi connectivity index (χ4n) is 3.29. The van der Waals surface area contributed by atoms with Gasteiger partial charge in [-0.15, -0.1) is 5.10 Å². The molecule has 144 valence electrons. The quantitative estimate of drug-likeness (QED) is 0.656. The Morgan fingerprint density at radius 3 is 2.78 bits per heavy atom. The van der Waals surface area contributed by atoms with E-state index in [4.69, 9.17) is 0 Å². The smallest absolute Gasteiger partial charge is 0.233 e. The Morgan fingerprint density at radius 2 is 2.11 bits per heavy atom. The molecule has 1 saturated carbocycles. The van der Waals surface area contributed by atoms with E-state index in [2.05, 4.69) is 15.5 Å². The fourth-order valence-corrected chi connectivity index (χ4v) is 5.76. The number of carbonyl (C=O) groups excluding carboxylic acids is 1. The largest absolute Gasteiger partial charge is 0.335 e. The zero-order chi connectivity index (χ0) is 19.0. The van der Waals surface area contributed by atoms with E-state index in [-0.39, 0.29) is 35.2 Å². The molecule has 1 aliphatic carbocycles. The van der Waals surface area contributed by atoms with Crippen LogP contribution in [0.1, 0.15) is 19.3 Å². The first-order chi connectivity index (χ1) is 12.9. The normalized spacial score (nSPS) is 21.3. The van der Waals surface area contributed by atoms with E-state index in [0.717, 1.165) is 24.6 Å². The van der Waals surface area contributed by atoms with Gasteiger partial charge in [0.25, 0.3) is 0 Å². The summed E-state index contributed by atoms with van der Waals surface area (Å²) in [5.41, 5.74) is 0.468. The van der Waals surface area contributed by atoms with Gasteiger partial charge in [-0.2, -0.15) is 4.68 Å². The highest BCUT2D eigenvalue weighted by atomic mass is 32.2. The highest BCUT2D eigenvalue weighted by Crippen LogP contribution is 2.33. The van der Waals surface area contributed by atoms with E-state index < -0.39 is 15.7 Å². The third-order valence-corrected chi connectivity index (χ3v) is 7.30. The molecule has 27 heavy (non-hydrogen) atoms. The van der Waals surface area contributed by atoms with Gasteiger partial charge in [0.05, 0.1) is 22.9 Å². The first-order valence-corrected chi connectivity index (χ1v) is 11.4. The third-order valence-electron chi connectivity index (χ3n) is 4.65. The van der Waals surface area contributed by atoms with Crippen molar-refractivity contribution in [3.8, 4) is 5.69 Å². The van der Waals surface area contributed by atoms with Crippen LogP contribution < -0.4 is 0 Å². The number of sulfone groups is 1. The molecule has 0 radical (unpaired) electrons. The van der Waals surface area contributed by atoms with Gasteiger partial charge in [0.1, 0.15) is 5.82 Å². The molecule has 1 aromatic carbocycles. The van der Waals surface area contributed by atoms with Crippen molar-refractivity contribution in [2.24, 2.45) is 0 Å². The molecule has 1 atom stereocenters. The molecular formula is C16H18FN5O3S2. The third kappa shape index (κ3) is 4.13. The molecule has 8 nitrogen and oxygen atoms in total. The minimum absolute atomic E-state index is 0.0426. The van der Waals surface area contributed by atoms with Gasteiger partial charge >= 0.3 is 0 Å². The number of rotatable bonds is 6. The molecule has 4 rings (SSSR count). The topological polar surface area (TPSA) is 98.1 Å². The van der Waals surface area contributed by atoms with Gasteiger partial charge in [-0.1, -0.05) is 17.8 Å². The molecule has 2 fully saturated rings. The lowest BCUT2D eigenvalue weighted by molar-refractivity contribution is -0.130. The maximum atomic E-state index is 13.4. The van der Waals surface area contributed by atoms with Crippen molar-refractivity contribution < 1.29 is 17.6 Å². The highest BCUT2D eigenvalue weighted by molar-refractivity contribution is 7.99. The lowest BCUT2D eigenvalue weighted by Crippen LogP contribution is -2.43. The summed E-state index contributed by atoms with van der Waals surface area (Å²) in [6.07, 6.45) is 2.32. The summed E-state index contributed by atoms with van der Waals surface area (Å²) in [5.74, 6) is -0.237. The van der Waals surface area contributed by atoms with E-state index in [9.17, 15) is 17.6 Å². The van der Waals surface area contributed by atoms with E-state index in [0.29, 0.717) is 17.3 Å². The predicted octanol–water partition coefficient (Wildman–Crippen LogP) is 1.07. The molecule has 1 aromatic heterocycles. The first kappa shape index (κ1) is 18.4. The Bertz CT molecular complexity index is 960. The predicted molar refractivity (Wildman–Crippen MR) is 96.8 cm³/mol. The van der Waals surface area contributed by atoms with Gasteiger partial charge in [0.2, 0.25) is 11.1 Å². The summed E-state index contributed by atoms with van der Waals surface area (Å²) >= 11 is 1.16. The molecule has 1 aliphatic heterocycles. The van der Waals surface area contributed by atoms with Crippen LogP contribution in [-0.2, 0) is 14.6 Å². The van der Waals surface area contributed by atoms with E-state index in [1.165, 1.54) is 16.8 Å². The lowest BCUT2D eigenvalue weighted by atomic mass is 10.2. The van der Waals surface area contributed by atoms with Crippen molar-refractivity contribution in [1.82, 2.24) is 25.1 Å². The van der Waals surface area contributed by atoms with Crippen molar-refractivity contribution in [2.75, 3.05) is 17.3 Å². The van der Waals surface area contributed by atoms with E-state index >= 15 is 0 Å². The molecule has 0 unspecified atom stereocenters. The number of halogens is 1. The second kappa shape index (κ2) is 7.19. The van der Waals surface area contributed by atoms with Crippen LogP contribution in [0.5, 0.6) is 0 Å². The highest BCUT2D eigenvalue weighted by Gasteiger charge is 2.42. The average Bonchev–Trinajstić information content (AvgIpc) is 3.22. The molecular weight excluding hydrogens is 393 g/mol. The number of benzene rings is 1. The van der Waals surface area contributed by atoms with Gasteiger partial charge in [0, 0.05) is 12.1 Å². The number of tetrazole rings is 1. The molecule has 1 saturated heterocycles. The van der Waals surface area contributed by atoms with Gasteiger partial charge in [-0.25, -0.2) is 12.8 Å². The number of nitrogens with zero attached hydrogens (tertiary/aromatic N) is 5. The van der Waals surface area contributed by atoms with Gasteiger partial charge < -0.3 is 4.90 Å². The molecule has 0 N–H and O–H groups in total. The maximum absolute atomic E-state index is 13.4. The Hall–Kier alpha value is -2.01. The maximum Gasteiger partial charge on any atom is 0.233 e. The summed E-state index contributed by atoms with van der Waals surface area (Å²) < 4.78 is 38.4. The fraction of sp³-hybridized carbons (Fsp3) is 0.500. The van der Waals surface area contributed by atoms with Crippen molar-refractivity contribution in [2.45, 2.75) is 36.5 Å². The Balaban J connectivity index is 1.46. The molecule has 2 heterocycles. The lowest BCUT2D eigenvalue weighted by Gasteiger charge is -2.28. The van der Waals surface area contributed by atoms with E-state index in [1.807, 2.05) is 0 Å². The summed E-state index contributed by atoms with van der Waals surface area (Å²) in [7, 11) is -3.06. The Morgan fingerprint density at radius 1 is 1.30 bits per heavy atom. The summed E-state index contributed by atoms with van der Waals surface area (Å²) in [6, 6.07) is 5.76. The molecule has 1 amide bonds. The molecule has 0 spiro atoms. The minimum Gasteiger partial charge on any atom is -0.335 e. The molecule has 2 aromatic rings. The first-order valence-electron chi connectivity index (χ1n) is 8.62. The van der Waals surface area contributed by atoms with E-state index in [1.54, 1.807) is 17.0 Å². The second-order valence-corrected chi connectivity index (χ2v) is 9.90. The van der Waals surface area contributed by atoms with Crippen molar-refractivity contribution >= 4 is 27.5 Å². The minimum atomic E-state index is -3.06. The van der Waals surface area contributed by atoms with Gasteiger partial charge in [-0.3, -0.25) is 4.79 Å². The molecule has 11 heteroatoms. The summed E-state index contributed by atoms with van der Waals surface area (Å²) in [6.45, 7) is 0. The zero-order valence-electron chi connectivity index (χ0n) is 14.4. The zero-order valence-corrected chi connectivity index (χ0v) is 16.0. The number of thioether (sulfide) groups is 1. The van der Waals surface area contributed by atoms with Gasteiger partial charge in [0.15, 0.2) is 9.84 Å². The van der Waals surface area contributed by atoms with Crippen molar-refractivity contribution in [3.05, 3.63) is 30.1 Å². The summed E-state index contributed by atoms with van der Waals surface area (Å²) in [4.78, 5) is 14.5. The van der Waals surface area contributed by atoms with Gasteiger partial charge in [-0.05, 0) is 47.9 Å². The number of hydrogen-bond acceptors (Lipinski definition) is 7. The Kier molecular flexibility index (Phi) is 4.89. The molecule has 0 bridgehead atoms. The van der Waals surface area contributed by atoms with Crippen LogP contribution in [0, 0.1) is 5.82 Å². The van der Waals surface area contributed by atoms with Crippen LogP contribution in [0.4, 0.5) is 4.39 Å². The second-order valence-electron chi connectivity index (χ2n) is 6.73. The number of carbonyl (C=O) groups is 1. The van der Waals surface area contributed by atoms with Crippen molar-refractivity contribution in [1.29, 1.82) is 0 Å². The van der Waals surface area contributed by atoms with Crippen LogP contribution in [-0.4, -0.2) is 68.8 Å². The van der Waals surface area contributed by atoms with Crippen LogP contribution in [0.15, 0.2) is 29.4 Å². The number of hydrogen-bond donors (Lipinski definition) is 0. The van der Waals surface area contributed by atoms with Crippen LogP contribution in [0.3, 0.4) is 0 Å². The van der Waals surface area contributed by atoms with Crippen LogP contribution >= 0.6 is 11.8 Å². The standard InChI is InChI=1S/C16H18FN5O3S2/c17-11-2-1-3-13(8-11)22-16(18-19-20-22)26-9-15(23)21(12-4-5-12)14-6-7-27(24,25)10-14/h1-3,8,12,14H,4-7,9-10H2/t14-/m0/s1. The number of amides is 1. The number of aromatic nitrogens is 4. The summed E-state index contributed by atoms with van der Waals surface area (Å²) in [5, 5.41) is 11.8. The van der Waals surface area contributed by atoms with Crippen LogP contribution in [0.2, 0.25) is 0 Å². The van der Waals surface area contributed by atoms with Crippen molar-refractivity contribution in [3.63, 3.8) is 0 Å².